The normalized spacial score (nSPS) is 15.8. The molecular formula is C16H22N2O. The van der Waals surface area contributed by atoms with Gasteiger partial charge < -0.3 is 9.80 Å². The molecule has 19 heavy (non-hydrogen) atoms. The highest BCUT2D eigenvalue weighted by Gasteiger charge is 2.11. The highest BCUT2D eigenvalue weighted by atomic mass is 16.1. The van der Waals surface area contributed by atoms with E-state index < -0.39 is 0 Å². The molecule has 0 unspecified atom stereocenters. The molecule has 0 bridgehead atoms. The van der Waals surface area contributed by atoms with Gasteiger partial charge in [0.15, 0.2) is 5.78 Å². The zero-order valence-electron chi connectivity index (χ0n) is 11.8. The first kappa shape index (κ1) is 13.7. The zero-order chi connectivity index (χ0) is 13.7. The van der Waals surface area contributed by atoms with Crippen molar-refractivity contribution < 1.29 is 4.79 Å². The van der Waals surface area contributed by atoms with Gasteiger partial charge >= 0.3 is 0 Å². The maximum absolute atomic E-state index is 11.9. The van der Waals surface area contributed by atoms with E-state index in [1.54, 1.807) is 12.3 Å². The summed E-state index contributed by atoms with van der Waals surface area (Å²) in [7, 11) is 3.81. The number of anilines is 1. The Morgan fingerprint density at radius 2 is 1.74 bits per heavy atom. The summed E-state index contributed by atoms with van der Waals surface area (Å²) in [6.45, 7) is 2.27. The molecule has 1 fully saturated rings. The van der Waals surface area contributed by atoms with Gasteiger partial charge in [-0.3, -0.25) is 4.79 Å². The second kappa shape index (κ2) is 6.41. The number of piperidine rings is 1. The van der Waals surface area contributed by atoms with E-state index in [2.05, 4.69) is 17.0 Å². The SMILES string of the molecule is CN(C)/C=C/C(=O)c1ccc(N2CCCCC2)cc1. The molecule has 0 atom stereocenters. The van der Waals surface area contributed by atoms with Crippen LogP contribution in [0.25, 0.3) is 0 Å². The molecule has 2 rings (SSSR count). The third-order valence-electron chi connectivity index (χ3n) is 3.40. The molecule has 102 valence electrons. The summed E-state index contributed by atoms with van der Waals surface area (Å²) in [6, 6.07) is 7.96. The van der Waals surface area contributed by atoms with Crippen LogP contribution in [0.5, 0.6) is 0 Å². The molecule has 0 saturated carbocycles. The van der Waals surface area contributed by atoms with E-state index >= 15 is 0 Å². The number of carbonyl (C=O) groups excluding carboxylic acids is 1. The van der Waals surface area contributed by atoms with Gasteiger partial charge in [-0.15, -0.1) is 0 Å². The fourth-order valence-corrected chi connectivity index (χ4v) is 2.30. The van der Waals surface area contributed by atoms with Crippen molar-refractivity contribution in [1.29, 1.82) is 0 Å². The highest BCUT2D eigenvalue weighted by Crippen LogP contribution is 2.20. The Labute approximate surface area is 115 Å². The van der Waals surface area contributed by atoms with E-state index in [1.165, 1.54) is 24.9 Å². The molecule has 1 aromatic carbocycles. The number of nitrogens with zero attached hydrogens (tertiary/aromatic N) is 2. The number of carbonyl (C=O) groups is 1. The predicted molar refractivity (Wildman–Crippen MR) is 79.7 cm³/mol. The Morgan fingerprint density at radius 1 is 1.11 bits per heavy atom. The van der Waals surface area contributed by atoms with E-state index in [9.17, 15) is 4.79 Å². The molecule has 0 aromatic heterocycles. The molecular weight excluding hydrogens is 236 g/mol. The smallest absolute Gasteiger partial charge is 0.187 e. The van der Waals surface area contributed by atoms with Crippen molar-refractivity contribution in [2.75, 3.05) is 32.1 Å². The zero-order valence-corrected chi connectivity index (χ0v) is 11.8. The van der Waals surface area contributed by atoms with Crippen LogP contribution in [-0.2, 0) is 0 Å². The van der Waals surface area contributed by atoms with Gasteiger partial charge in [-0.1, -0.05) is 0 Å². The Morgan fingerprint density at radius 3 is 2.32 bits per heavy atom. The topological polar surface area (TPSA) is 23.6 Å². The van der Waals surface area contributed by atoms with Crippen LogP contribution >= 0.6 is 0 Å². The largest absolute Gasteiger partial charge is 0.383 e. The van der Waals surface area contributed by atoms with Crippen molar-refractivity contribution in [1.82, 2.24) is 4.90 Å². The van der Waals surface area contributed by atoms with Crippen LogP contribution in [0.15, 0.2) is 36.5 Å². The number of ketones is 1. The van der Waals surface area contributed by atoms with Crippen LogP contribution in [0.4, 0.5) is 5.69 Å². The van der Waals surface area contributed by atoms with Gasteiger partial charge in [0.2, 0.25) is 0 Å². The molecule has 1 aliphatic heterocycles. The van der Waals surface area contributed by atoms with Gasteiger partial charge in [0.25, 0.3) is 0 Å². The standard InChI is InChI=1S/C16H22N2O/c1-17(2)13-10-16(19)14-6-8-15(9-7-14)18-11-4-3-5-12-18/h6-10,13H,3-5,11-12H2,1-2H3/b13-10+. The molecule has 0 radical (unpaired) electrons. The van der Waals surface area contributed by atoms with E-state index in [0.29, 0.717) is 0 Å². The summed E-state index contributed by atoms with van der Waals surface area (Å²) in [6.07, 6.45) is 7.26. The maximum Gasteiger partial charge on any atom is 0.187 e. The first-order valence-corrected chi connectivity index (χ1v) is 6.91. The van der Waals surface area contributed by atoms with Gasteiger partial charge in [-0.2, -0.15) is 0 Å². The number of rotatable bonds is 4. The van der Waals surface area contributed by atoms with Crippen molar-refractivity contribution in [3.8, 4) is 0 Å². The van der Waals surface area contributed by atoms with Crippen LogP contribution in [0, 0.1) is 0 Å². The number of hydrogen-bond donors (Lipinski definition) is 0. The lowest BCUT2D eigenvalue weighted by molar-refractivity contribution is 0.104. The Bertz CT molecular complexity index is 442. The van der Waals surface area contributed by atoms with Gasteiger partial charge in [-0.25, -0.2) is 0 Å². The van der Waals surface area contributed by atoms with Crippen molar-refractivity contribution >= 4 is 11.5 Å². The summed E-state index contributed by atoms with van der Waals surface area (Å²) in [5, 5.41) is 0. The summed E-state index contributed by atoms with van der Waals surface area (Å²) >= 11 is 0. The summed E-state index contributed by atoms with van der Waals surface area (Å²) < 4.78 is 0. The minimum Gasteiger partial charge on any atom is -0.383 e. The molecule has 0 amide bonds. The van der Waals surface area contributed by atoms with Crippen LogP contribution in [-0.4, -0.2) is 37.9 Å². The Balaban J connectivity index is 2.03. The summed E-state index contributed by atoms with van der Waals surface area (Å²) in [4.78, 5) is 16.2. The van der Waals surface area contributed by atoms with Crippen molar-refractivity contribution in [3.05, 3.63) is 42.1 Å². The molecule has 3 heteroatoms. The van der Waals surface area contributed by atoms with Crippen molar-refractivity contribution in [2.24, 2.45) is 0 Å². The van der Waals surface area contributed by atoms with Gasteiger partial charge in [0.1, 0.15) is 0 Å². The maximum atomic E-state index is 11.9. The van der Waals surface area contributed by atoms with Crippen molar-refractivity contribution in [3.63, 3.8) is 0 Å². The minimum atomic E-state index is 0.0545. The third-order valence-corrected chi connectivity index (χ3v) is 3.40. The molecule has 0 spiro atoms. The van der Waals surface area contributed by atoms with Crippen LogP contribution in [0.1, 0.15) is 29.6 Å². The molecule has 1 heterocycles. The molecule has 1 aliphatic rings. The van der Waals surface area contributed by atoms with E-state index in [4.69, 9.17) is 0 Å². The second-order valence-corrected chi connectivity index (χ2v) is 5.24. The monoisotopic (exact) mass is 258 g/mol. The molecule has 0 N–H and O–H groups in total. The first-order valence-electron chi connectivity index (χ1n) is 6.91. The van der Waals surface area contributed by atoms with Crippen LogP contribution in [0.2, 0.25) is 0 Å². The fraction of sp³-hybridized carbons (Fsp3) is 0.438. The van der Waals surface area contributed by atoms with Gasteiger partial charge in [0.05, 0.1) is 0 Å². The van der Waals surface area contributed by atoms with Crippen LogP contribution in [0.3, 0.4) is 0 Å². The third kappa shape index (κ3) is 3.85. The lowest BCUT2D eigenvalue weighted by atomic mass is 10.1. The van der Waals surface area contributed by atoms with E-state index in [0.717, 1.165) is 18.7 Å². The summed E-state index contributed by atoms with van der Waals surface area (Å²) in [5.41, 5.74) is 1.98. The van der Waals surface area contributed by atoms with Crippen molar-refractivity contribution in [2.45, 2.75) is 19.3 Å². The second-order valence-electron chi connectivity index (χ2n) is 5.24. The number of hydrogen-bond acceptors (Lipinski definition) is 3. The Kier molecular flexibility index (Phi) is 4.61. The van der Waals surface area contributed by atoms with E-state index in [1.807, 2.05) is 31.1 Å². The lowest BCUT2D eigenvalue weighted by Gasteiger charge is -2.28. The Hall–Kier alpha value is -1.77. The molecule has 3 nitrogen and oxygen atoms in total. The average Bonchev–Trinajstić information content (AvgIpc) is 2.46. The first-order chi connectivity index (χ1) is 9.16. The fourth-order valence-electron chi connectivity index (χ4n) is 2.30. The average molecular weight is 258 g/mol. The summed E-state index contributed by atoms with van der Waals surface area (Å²) in [5.74, 6) is 0.0545. The molecule has 1 saturated heterocycles. The van der Waals surface area contributed by atoms with Gasteiger partial charge in [-0.05, 0) is 43.5 Å². The molecule has 1 aromatic rings. The molecule has 0 aliphatic carbocycles. The minimum absolute atomic E-state index is 0.0545. The number of benzene rings is 1. The quantitative estimate of drug-likeness (QED) is 0.613. The lowest BCUT2D eigenvalue weighted by Crippen LogP contribution is -2.29. The van der Waals surface area contributed by atoms with Gasteiger partial charge in [0, 0.05) is 50.7 Å². The van der Waals surface area contributed by atoms with E-state index in [-0.39, 0.29) is 5.78 Å². The van der Waals surface area contributed by atoms with Crippen LogP contribution < -0.4 is 4.90 Å². The number of allylic oxidation sites excluding steroid dienone is 1. The predicted octanol–water partition coefficient (Wildman–Crippen LogP) is 2.93. The highest BCUT2D eigenvalue weighted by molar-refractivity contribution is 6.04.